The summed E-state index contributed by atoms with van der Waals surface area (Å²) in [6, 6.07) is 10.3. The molecule has 0 atom stereocenters. The molecule has 0 unspecified atom stereocenters. The Morgan fingerprint density at radius 1 is 1.24 bits per heavy atom. The number of tetrazole rings is 1. The zero-order valence-electron chi connectivity index (χ0n) is 11.9. The van der Waals surface area contributed by atoms with Gasteiger partial charge in [-0.3, -0.25) is 0 Å². The van der Waals surface area contributed by atoms with Crippen LogP contribution in [0.25, 0.3) is 17.4 Å². The molecule has 2 aromatic heterocycles. The Morgan fingerprint density at radius 2 is 2.05 bits per heavy atom. The summed E-state index contributed by atoms with van der Waals surface area (Å²) in [6.45, 7) is 4.79. The lowest BCUT2D eigenvalue weighted by Crippen LogP contribution is -2.22. The molecule has 0 amide bonds. The van der Waals surface area contributed by atoms with Crippen LogP contribution in [0.15, 0.2) is 41.0 Å². The normalized spacial score (nSPS) is 11.2. The Balaban J connectivity index is 1.77. The molecule has 7 nitrogen and oxygen atoms in total. The minimum absolute atomic E-state index is 0.310. The lowest BCUT2D eigenvalue weighted by Gasteiger charge is -2.03. The van der Waals surface area contributed by atoms with Crippen LogP contribution in [0.4, 0.5) is 0 Å². The van der Waals surface area contributed by atoms with Gasteiger partial charge in [-0.25, -0.2) is 0 Å². The van der Waals surface area contributed by atoms with E-state index in [0.717, 1.165) is 11.3 Å². The fourth-order valence-electron chi connectivity index (χ4n) is 1.78. The fourth-order valence-corrected chi connectivity index (χ4v) is 1.78. The number of aromatic nitrogens is 5. The van der Waals surface area contributed by atoms with E-state index in [2.05, 4.69) is 39.6 Å². The number of benzene rings is 1. The molecule has 0 aliphatic rings. The van der Waals surface area contributed by atoms with Crippen LogP contribution in [0.2, 0.25) is 0 Å². The van der Waals surface area contributed by atoms with Crippen molar-refractivity contribution in [2.75, 3.05) is 0 Å². The third-order valence-corrected chi connectivity index (χ3v) is 2.85. The number of rotatable bonds is 5. The van der Waals surface area contributed by atoms with E-state index in [4.69, 9.17) is 4.42 Å². The largest absolute Gasteiger partial charge is 0.429 e. The Labute approximate surface area is 122 Å². The summed E-state index contributed by atoms with van der Waals surface area (Å²) >= 11 is 0. The highest BCUT2D eigenvalue weighted by atomic mass is 16.4. The summed E-state index contributed by atoms with van der Waals surface area (Å²) in [7, 11) is 0. The van der Waals surface area contributed by atoms with E-state index in [0.29, 0.717) is 24.4 Å². The monoisotopic (exact) mass is 284 g/mol. The second-order valence-electron chi connectivity index (χ2n) is 4.93. The van der Waals surface area contributed by atoms with E-state index in [9.17, 15) is 0 Å². The molecule has 0 saturated heterocycles. The van der Waals surface area contributed by atoms with Gasteiger partial charge in [-0.05, 0) is 5.21 Å². The molecular weight excluding hydrogens is 268 g/mol. The lowest BCUT2D eigenvalue weighted by molar-refractivity contribution is 0.481. The quantitative estimate of drug-likeness (QED) is 0.769. The van der Waals surface area contributed by atoms with Gasteiger partial charge in [0.05, 0.1) is 5.69 Å². The first-order valence-corrected chi connectivity index (χ1v) is 6.76. The van der Waals surface area contributed by atoms with Crippen molar-refractivity contribution in [3.8, 4) is 17.4 Å². The van der Waals surface area contributed by atoms with Crippen LogP contribution in [0.1, 0.15) is 19.5 Å². The average Bonchev–Trinajstić information content (AvgIpc) is 3.15. The zero-order chi connectivity index (χ0) is 14.7. The van der Waals surface area contributed by atoms with E-state index in [1.165, 1.54) is 4.80 Å². The van der Waals surface area contributed by atoms with Gasteiger partial charge in [-0.1, -0.05) is 49.0 Å². The molecule has 21 heavy (non-hydrogen) atoms. The van der Waals surface area contributed by atoms with Crippen LogP contribution < -0.4 is 5.32 Å². The highest BCUT2D eigenvalue weighted by Crippen LogP contribution is 2.13. The van der Waals surface area contributed by atoms with Crippen LogP contribution >= 0.6 is 0 Å². The first-order chi connectivity index (χ1) is 10.2. The number of hydrogen-bond acceptors (Lipinski definition) is 6. The Morgan fingerprint density at radius 3 is 2.81 bits per heavy atom. The van der Waals surface area contributed by atoms with Gasteiger partial charge in [0.1, 0.15) is 6.26 Å². The Bertz CT molecular complexity index is 703. The highest BCUT2D eigenvalue weighted by Gasteiger charge is 2.11. The van der Waals surface area contributed by atoms with Gasteiger partial charge in [0.15, 0.2) is 0 Å². The van der Waals surface area contributed by atoms with Crippen molar-refractivity contribution in [2.24, 2.45) is 0 Å². The first kappa shape index (κ1) is 13.4. The molecule has 0 fully saturated rings. The third kappa shape index (κ3) is 3.14. The van der Waals surface area contributed by atoms with Crippen LogP contribution in [-0.4, -0.2) is 31.2 Å². The van der Waals surface area contributed by atoms with Crippen molar-refractivity contribution < 1.29 is 4.42 Å². The minimum Gasteiger partial charge on any atom is -0.429 e. The smallest absolute Gasteiger partial charge is 0.342 e. The number of nitrogens with zero attached hydrogens (tertiary/aromatic N) is 5. The molecule has 1 aromatic carbocycles. The SMILES string of the molecule is CC(C)NCc1coc(-n2nnc(-c3ccccc3)n2)n1. The van der Waals surface area contributed by atoms with E-state index in [1.54, 1.807) is 6.26 Å². The lowest BCUT2D eigenvalue weighted by atomic mass is 10.2. The van der Waals surface area contributed by atoms with Crippen LogP contribution in [-0.2, 0) is 6.54 Å². The van der Waals surface area contributed by atoms with E-state index < -0.39 is 0 Å². The average molecular weight is 284 g/mol. The second-order valence-corrected chi connectivity index (χ2v) is 4.93. The summed E-state index contributed by atoms with van der Waals surface area (Å²) in [4.78, 5) is 5.62. The summed E-state index contributed by atoms with van der Waals surface area (Å²) in [5.41, 5.74) is 1.70. The fraction of sp³-hybridized carbons (Fsp3) is 0.286. The molecule has 3 rings (SSSR count). The minimum atomic E-state index is 0.310. The maximum atomic E-state index is 5.38. The first-order valence-electron chi connectivity index (χ1n) is 6.76. The molecule has 7 heteroatoms. The van der Waals surface area contributed by atoms with Gasteiger partial charge in [0.25, 0.3) is 0 Å². The molecule has 2 heterocycles. The van der Waals surface area contributed by atoms with Gasteiger partial charge in [0.2, 0.25) is 5.82 Å². The van der Waals surface area contributed by atoms with Crippen LogP contribution in [0, 0.1) is 0 Å². The summed E-state index contributed by atoms with van der Waals surface area (Å²) < 4.78 is 5.38. The van der Waals surface area contributed by atoms with Crippen molar-refractivity contribution in [2.45, 2.75) is 26.4 Å². The maximum absolute atomic E-state index is 5.38. The zero-order valence-corrected chi connectivity index (χ0v) is 11.9. The predicted molar refractivity (Wildman–Crippen MR) is 76.6 cm³/mol. The molecule has 0 aliphatic carbocycles. The maximum Gasteiger partial charge on any atom is 0.342 e. The second kappa shape index (κ2) is 5.84. The molecule has 0 radical (unpaired) electrons. The van der Waals surface area contributed by atoms with Gasteiger partial charge in [-0.2, -0.15) is 4.98 Å². The summed E-state index contributed by atoms with van der Waals surface area (Å²) in [5, 5.41) is 15.5. The van der Waals surface area contributed by atoms with Crippen LogP contribution in [0.3, 0.4) is 0 Å². The van der Waals surface area contributed by atoms with Gasteiger partial charge < -0.3 is 9.73 Å². The number of nitrogens with one attached hydrogen (secondary N) is 1. The van der Waals surface area contributed by atoms with Crippen molar-refractivity contribution in [1.29, 1.82) is 0 Å². The van der Waals surface area contributed by atoms with Crippen molar-refractivity contribution in [1.82, 2.24) is 30.5 Å². The summed E-state index contributed by atoms with van der Waals surface area (Å²) in [5.74, 6) is 0.538. The third-order valence-electron chi connectivity index (χ3n) is 2.85. The van der Waals surface area contributed by atoms with Gasteiger partial charge in [0, 0.05) is 18.2 Å². The van der Waals surface area contributed by atoms with Crippen molar-refractivity contribution >= 4 is 0 Å². The highest BCUT2D eigenvalue weighted by molar-refractivity contribution is 5.53. The predicted octanol–water partition coefficient (Wildman–Crippen LogP) is 1.82. The Kier molecular flexibility index (Phi) is 3.74. The van der Waals surface area contributed by atoms with E-state index in [1.807, 2.05) is 30.3 Å². The molecule has 1 N–H and O–H groups in total. The molecule has 108 valence electrons. The molecule has 3 aromatic rings. The standard InChI is InChI=1S/C14H16N6O/c1-10(2)15-8-12-9-21-14(16-12)20-18-13(17-19-20)11-6-4-3-5-7-11/h3-7,9-10,15H,8H2,1-2H3. The molecule has 0 bridgehead atoms. The van der Waals surface area contributed by atoms with E-state index >= 15 is 0 Å². The van der Waals surface area contributed by atoms with Crippen molar-refractivity contribution in [3.05, 3.63) is 42.3 Å². The molecule has 0 spiro atoms. The van der Waals surface area contributed by atoms with E-state index in [-0.39, 0.29) is 0 Å². The van der Waals surface area contributed by atoms with Gasteiger partial charge >= 0.3 is 6.01 Å². The summed E-state index contributed by atoms with van der Waals surface area (Å²) in [6.07, 6.45) is 1.59. The molecular formula is C14H16N6O. The molecule has 0 saturated carbocycles. The molecule has 0 aliphatic heterocycles. The van der Waals surface area contributed by atoms with Gasteiger partial charge in [-0.15, -0.1) is 10.2 Å². The van der Waals surface area contributed by atoms with Crippen LogP contribution in [0.5, 0.6) is 0 Å². The van der Waals surface area contributed by atoms with Crippen molar-refractivity contribution in [3.63, 3.8) is 0 Å². The Hall–Kier alpha value is -2.54. The number of hydrogen-bond donors (Lipinski definition) is 1. The number of oxazole rings is 1. The topological polar surface area (TPSA) is 81.7 Å².